The van der Waals surface area contributed by atoms with Crippen molar-refractivity contribution >= 4 is 0 Å². The molecule has 1 aromatic heterocycles. The van der Waals surface area contributed by atoms with E-state index in [0.29, 0.717) is 6.04 Å². The lowest BCUT2D eigenvalue weighted by molar-refractivity contribution is 0.298. The quantitative estimate of drug-likeness (QED) is 0.850. The molecule has 1 aliphatic carbocycles. The zero-order chi connectivity index (χ0) is 12.1. The summed E-state index contributed by atoms with van der Waals surface area (Å²) in [5.74, 6) is 0.891. The van der Waals surface area contributed by atoms with Gasteiger partial charge in [0.1, 0.15) is 0 Å². The third-order valence-corrected chi connectivity index (χ3v) is 3.77. The lowest BCUT2D eigenvalue weighted by Gasteiger charge is -2.27. The Balaban J connectivity index is 1.82. The topological polar surface area (TPSA) is 29.9 Å². The van der Waals surface area contributed by atoms with Crippen LogP contribution < -0.4 is 5.32 Å². The maximum Gasteiger partial charge on any atom is 0.0948 e. The van der Waals surface area contributed by atoms with E-state index in [0.717, 1.165) is 19.0 Å². The monoisotopic (exact) mass is 235 g/mol. The molecule has 3 heteroatoms. The molecular weight excluding hydrogens is 210 g/mol. The van der Waals surface area contributed by atoms with Crippen molar-refractivity contribution in [2.75, 3.05) is 0 Å². The molecule has 0 spiro atoms. The first kappa shape index (κ1) is 12.6. The number of aromatic nitrogens is 2. The summed E-state index contributed by atoms with van der Waals surface area (Å²) in [6, 6.07) is 0.712. The largest absolute Gasteiger partial charge is 0.333 e. The van der Waals surface area contributed by atoms with E-state index in [1.807, 2.05) is 12.5 Å². The summed E-state index contributed by atoms with van der Waals surface area (Å²) >= 11 is 0. The van der Waals surface area contributed by atoms with E-state index in [-0.39, 0.29) is 0 Å². The van der Waals surface area contributed by atoms with Crippen LogP contribution in [0, 0.1) is 5.92 Å². The lowest BCUT2D eigenvalue weighted by Crippen LogP contribution is -2.33. The number of hydrogen-bond donors (Lipinski definition) is 1. The molecule has 0 radical (unpaired) electrons. The van der Waals surface area contributed by atoms with E-state index in [9.17, 15) is 0 Å². The molecule has 1 fully saturated rings. The first-order chi connectivity index (χ1) is 8.29. The Morgan fingerprint density at radius 2 is 2.35 bits per heavy atom. The van der Waals surface area contributed by atoms with E-state index in [4.69, 9.17) is 0 Å². The molecule has 1 saturated carbocycles. The minimum Gasteiger partial charge on any atom is -0.333 e. The van der Waals surface area contributed by atoms with Crippen LogP contribution >= 0.6 is 0 Å². The van der Waals surface area contributed by atoms with Crippen LogP contribution in [0.4, 0.5) is 0 Å². The highest BCUT2D eigenvalue weighted by molar-refractivity contribution is 4.98. The first-order valence-corrected chi connectivity index (χ1v) is 7.02. The van der Waals surface area contributed by atoms with Gasteiger partial charge in [0, 0.05) is 25.3 Å². The van der Waals surface area contributed by atoms with Gasteiger partial charge in [-0.25, -0.2) is 4.98 Å². The average Bonchev–Trinajstić information content (AvgIpc) is 2.75. The Morgan fingerprint density at radius 1 is 1.47 bits per heavy atom. The van der Waals surface area contributed by atoms with Crippen molar-refractivity contribution in [3.8, 4) is 0 Å². The minimum atomic E-state index is 0.712. The molecule has 0 aromatic carbocycles. The van der Waals surface area contributed by atoms with E-state index < -0.39 is 0 Å². The van der Waals surface area contributed by atoms with Gasteiger partial charge < -0.3 is 9.88 Å². The highest BCUT2D eigenvalue weighted by Gasteiger charge is 2.18. The second kappa shape index (κ2) is 6.20. The second-order valence-corrected chi connectivity index (χ2v) is 5.43. The molecule has 96 valence electrons. The van der Waals surface area contributed by atoms with Gasteiger partial charge in [0.2, 0.25) is 0 Å². The molecule has 3 nitrogen and oxygen atoms in total. The van der Waals surface area contributed by atoms with Crippen LogP contribution in [0.15, 0.2) is 12.5 Å². The summed E-state index contributed by atoms with van der Waals surface area (Å²) < 4.78 is 2.26. The van der Waals surface area contributed by atoms with Gasteiger partial charge in [0.05, 0.1) is 12.0 Å². The maximum atomic E-state index is 4.24. The fourth-order valence-corrected chi connectivity index (χ4v) is 2.81. The summed E-state index contributed by atoms with van der Waals surface area (Å²) in [5, 5.41) is 3.69. The number of rotatable bonds is 5. The van der Waals surface area contributed by atoms with Crippen molar-refractivity contribution in [2.45, 2.75) is 65.1 Å². The van der Waals surface area contributed by atoms with Gasteiger partial charge in [-0.1, -0.05) is 26.7 Å². The SMILES string of the molecule is CCCn1cncc1CNC1CCCC(C)C1. The van der Waals surface area contributed by atoms with Gasteiger partial charge in [-0.2, -0.15) is 0 Å². The third-order valence-electron chi connectivity index (χ3n) is 3.77. The van der Waals surface area contributed by atoms with Crippen LogP contribution in [0.2, 0.25) is 0 Å². The molecule has 1 aromatic rings. The Morgan fingerprint density at radius 3 is 3.12 bits per heavy atom. The smallest absolute Gasteiger partial charge is 0.0948 e. The second-order valence-electron chi connectivity index (χ2n) is 5.43. The molecule has 0 aliphatic heterocycles. The molecule has 1 heterocycles. The number of imidazole rings is 1. The molecular formula is C14H25N3. The Kier molecular flexibility index (Phi) is 4.60. The van der Waals surface area contributed by atoms with Crippen LogP contribution in [0.1, 0.15) is 51.6 Å². The summed E-state index contributed by atoms with van der Waals surface area (Å²) in [7, 11) is 0. The van der Waals surface area contributed by atoms with Crippen molar-refractivity contribution in [2.24, 2.45) is 5.92 Å². The summed E-state index contributed by atoms with van der Waals surface area (Å²) in [4.78, 5) is 4.24. The summed E-state index contributed by atoms with van der Waals surface area (Å²) in [6.45, 7) is 6.63. The van der Waals surface area contributed by atoms with Crippen LogP contribution in [0.5, 0.6) is 0 Å². The number of nitrogens with one attached hydrogen (secondary N) is 1. The maximum absolute atomic E-state index is 4.24. The standard InChI is InChI=1S/C14H25N3/c1-3-7-17-11-15-9-14(17)10-16-13-6-4-5-12(2)8-13/h9,11-13,16H,3-8,10H2,1-2H3. The first-order valence-electron chi connectivity index (χ1n) is 7.02. The van der Waals surface area contributed by atoms with E-state index in [1.165, 1.54) is 37.8 Å². The van der Waals surface area contributed by atoms with Gasteiger partial charge in [-0.15, -0.1) is 0 Å². The number of nitrogens with zero attached hydrogens (tertiary/aromatic N) is 2. The average molecular weight is 235 g/mol. The Labute approximate surface area is 105 Å². The Bertz CT molecular complexity index is 332. The molecule has 17 heavy (non-hydrogen) atoms. The van der Waals surface area contributed by atoms with Crippen LogP contribution in [-0.2, 0) is 13.1 Å². The molecule has 2 unspecified atom stereocenters. The highest BCUT2D eigenvalue weighted by atomic mass is 15.1. The molecule has 0 saturated heterocycles. The van der Waals surface area contributed by atoms with Gasteiger partial charge >= 0.3 is 0 Å². The van der Waals surface area contributed by atoms with Crippen LogP contribution in [0.3, 0.4) is 0 Å². The molecule has 2 rings (SSSR count). The zero-order valence-electron chi connectivity index (χ0n) is 11.2. The van der Waals surface area contributed by atoms with E-state index in [2.05, 4.69) is 28.7 Å². The highest BCUT2D eigenvalue weighted by Crippen LogP contribution is 2.23. The summed E-state index contributed by atoms with van der Waals surface area (Å²) in [6.07, 6.45) is 10.6. The number of aryl methyl sites for hydroxylation is 1. The third kappa shape index (κ3) is 3.56. The lowest BCUT2D eigenvalue weighted by atomic mass is 9.87. The number of hydrogen-bond acceptors (Lipinski definition) is 2. The van der Waals surface area contributed by atoms with Gasteiger partial charge in [-0.05, 0) is 25.2 Å². The van der Waals surface area contributed by atoms with Crippen molar-refractivity contribution in [3.63, 3.8) is 0 Å². The van der Waals surface area contributed by atoms with E-state index >= 15 is 0 Å². The van der Waals surface area contributed by atoms with Crippen molar-refractivity contribution in [1.29, 1.82) is 0 Å². The normalized spacial score (nSPS) is 25.1. The predicted molar refractivity (Wildman–Crippen MR) is 70.8 cm³/mol. The predicted octanol–water partition coefficient (Wildman–Crippen LogP) is 2.96. The van der Waals surface area contributed by atoms with Crippen molar-refractivity contribution in [1.82, 2.24) is 14.9 Å². The fourth-order valence-electron chi connectivity index (χ4n) is 2.81. The van der Waals surface area contributed by atoms with Crippen molar-refractivity contribution < 1.29 is 0 Å². The molecule has 0 amide bonds. The zero-order valence-corrected chi connectivity index (χ0v) is 11.2. The minimum absolute atomic E-state index is 0.712. The van der Waals surface area contributed by atoms with Crippen LogP contribution in [-0.4, -0.2) is 15.6 Å². The Hall–Kier alpha value is -0.830. The summed E-state index contributed by atoms with van der Waals surface area (Å²) in [5.41, 5.74) is 1.32. The van der Waals surface area contributed by atoms with Crippen LogP contribution in [0.25, 0.3) is 0 Å². The fraction of sp³-hybridized carbons (Fsp3) is 0.786. The van der Waals surface area contributed by atoms with Gasteiger partial charge in [0.25, 0.3) is 0 Å². The molecule has 1 aliphatic rings. The van der Waals surface area contributed by atoms with Gasteiger partial charge in [-0.3, -0.25) is 0 Å². The van der Waals surface area contributed by atoms with E-state index in [1.54, 1.807) is 0 Å². The van der Waals surface area contributed by atoms with Gasteiger partial charge in [0.15, 0.2) is 0 Å². The molecule has 1 N–H and O–H groups in total. The van der Waals surface area contributed by atoms with Crippen molar-refractivity contribution in [3.05, 3.63) is 18.2 Å². The molecule has 2 atom stereocenters. The molecule has 0 bridgehead atoms.